The molecule has 1 saturated heterocycles. The number of likely N-dealkylation sites (N-methyl/N-ethyl adjacent to an activating group) is 1. The van der Waals surface area contributed by atoms with Gasteiger partial charge in [0.15, 0.2) is 0 Å². The van der Waals surface area contributed by atoms with Gasteiger partial charge in [-0.15, -0.1) is 0 Å². The third kappa shape index (κ3) is 2.57. The number of carboxylic acid groups (broad SMARTS) is 1. The van der Waals surface area contributed by atoms with Crippen LogP contribution in [0.5, 0.6) is 0 Å². The molecule has 0 spiro atoms. The number of carboxylic acids is 1. The third-order valence-corrected chi connectivity index (χ3v) is 3.73. The zero-order valence-electron chi connectivity index (χ0n) is 11.4. The summed E-state index contributed by atoms with van der Waals surface area (Å²) >= 11 is 0. The molecule has 0 bridgehead atoms. The largest absolute Gasteiger partial charge is 0.477 e. The first kappa shape index (κ1) is 14.3. The van der Waals surface area contributed by atoms with Crippen LogP contribution in [0.15, 0.2) is 18.2 Å². The lowest BCUT2D eigenvalue weighted by molar-refractivity contribution is -0.384. The van der Waals surface area contributed by atoms with Crippen molar-refractivity contribution in [3.8, 4) is 0 Å². The van der Waals surface area contributed by atoms with Gasteiger partial charge >= 0.3 is 11.7 Å². The van der Waals surface area contributed by atoms with Crippen LogP contribution in [0.25, 0.3) is 0 Å². The zero-order valence-corrected chi connectivity index (χ0v) is 11.4. The van der Waals surface area contributed by atoms with E-state index in [2.05, 4.69) is 4.90 Å². The van der Waals surface area contributed by atoms with Gasteiger partial charge in [-0.25, -0.2) is 4.79 Å². The predicted molar refractivity (Wildman–Crippen MR) is 74.4 cm³/mol. The van der Waals surface area contributed by atoms with E-state index in [1.54, 1.807) is 12.1 Å². The molecule has 0 radical (unpaired) electrons. The number of nitro benzene ring substituents is 1. The van der Waals surface area contributed by atoms with E-state index < -0.39 is 10.9 Å². The van der Waals surface area contributed by atoms with E-state index in [-0.39, 0.29) is 17.3 Å². The highest BCUT2D eigenvalue weighted by Gasteiger charge is 2.30. The van der Waals surface area contributed by atoms with E-state index in [9.17, 15) is 14.9 Å². The molecule has 1 aliphatic heterocycles. The highest BCUT2D eigenvalue weighted by molar-refractivity contribution is 5.95. The number of hydrogen-bond acceptors (Lipinski definition) is 5. The molecule has 1 aromatic rings. The average molecular weight is 279 g/mol. The lowest BCUT2D eigenvalue weighted by Gasteiger charge is -2.38. The zero-order chi connectivity index (χ0) is 14.9. The SMILES string of the molecule is CC1CN(c2cccc(C(=O)O)c2[N+](=O)[O-])CCN1C. The summed E-state index contributed by atoms with van der Waals surface area (Å²) in [4.78, 5) is 25.8. The van der Waals surface area contributed by atoms with Crippen molar-refractivity contribution in [1.29, 1.82) is 0 Å². The molecule has 108 valence electrons. The van der Waals surface area contributed by atoms with Crippen LogP contribution in [0.4, 0.5) is 11.4 Å². The van der Waals surface area contributed by atoms with Crippen molar-refractivity contribution in [3.05, 3.63) is 33.9 Å². The van der Waals surface area contributed by atoms with Crippen LogP contribution in [-0.2, 0) is 0 Å². The van der Waals surface area contributed by atoms with Crippen LogP contribution in [0, 0.1) is 10.1 Å². The fraction of sp³-hybridized carbons (Fsp3) is 0.462. The van der Waals surface area contributed by atoms with Gasteiger partial charge in [-0.05, 0) is 26.1 Å². The summed E-state index contributed by atoms with van der Waals surface area (Å²) < 4.78 is 0. The van der Waals surface area contributed by atoms with Gasteiger partial charge in [0, 0.05) is 25.7 Å². The van der Waals surface area contributed by atoms with Crippen LogP contribution in [0.2, 0.25) is 0 Å². The van der Waals surface area contributed by atoms with Gasteiger partial charge in [0.1, 0.15) is 11.3 Å². The second-order valence-corrected chi connectivity index (χ2v) is 5.01. The van der Waals surface area contributed by atoms with Gasteiger partial charge in [-0.3, -0.25) is 10.1 Å². The van der Waals surface area contributed by atoms with E-state index in [1.165, 1.54) is 6.07 Å². The number of para-hydroxylation sites is 1. The molecule has 2 rings (SSSR count). The normalized spacial score (nSPS) is 19.9. The van der Waals surface area contributed by atoms with Crippen LogP contribution in [-0.4, -0.2) is 53.6 Å². The van der Waals surface area contributed by atoms with E-state index in [0.717, 1.165) is 6.54 Å². The van der Waals surface area contributed by atoms with E-state index in [0.29, 0.717) is 18.8 Å². The molecular weight excluding hydrogens is 262 g/mol. The molecule has 0 amide bonds. The molecule has 1 fully saturated rings. The Kier molecular flexibility index (Phi) is 3.89. The summed E-state index contributed by atoms with van der Waals surface area (Å²) in [5.41, 5.74) is -0.203. The van der Waals surface area contributed by atoms with Gasteiger partial charge in [-0.1, -0.05) is 6.07 Å². The lowest BCUT2D eigenvalue weighted by atomic mass is 10.1. The molecule has 1 N–H and O–H groups in total. The molecule has 7 heteroatoms. The van der Waals surface area contributed by atoms with Crippen LogP contribution in [0.1, 0.15) is 17.3 Å². The number of benzene rings is 1. The molecule has 1 heterocycles. The molecule has 1 aliphatic rings. The van der Waals surface area contributed by atoms with E-state index in [1.807, 2.05) is 18.9 Å². The van der Waals surface area contributed by atoms with Crippen molar-refractivity contribution >= 4 is 17.3 Å². The second kappa shape index (κ2) is 5.46. The van der Waals surface area contributed by atoms with Crippen LogP contribution < -0.4 is 4.90 Å². The highest BCUT2D eigenvalue weighted by Crippen LogP contribution is 2.33. The lowest BCUT2D eigenvalue weighted by Crippen LogP contribution is -2.50. The van der Waals surface area contributed by atoms with Gasteiger partial charge < -0.3 is 14.9 Å². The standard InChI is InChI=1S/C13H17N3O4/c1-9-8-15(7-6-14(9)2)11-5-3-4-10(13(17)18)12(11)16(19)20/h3-5,9H,6-8H2,1-2H3,(H,17,18). The number of piperazine rings is 1. The minimum Gasteiger partial charge on any atom is -0.477 e. The molecule has 1 aromatic carbocycles. The average Bonchev–Trinajstić information content (AvgIpc) is 2.40. The maximum atomic E-state index is 11.2. The number of anilines is 1. The molecule has 0 aromatic heterocycles. The number of nitrogens with zero attached hydrogens (tertiary/aromatic N) is 3. The van der Waals surface area contributed by atoms with Crippen molar-refractivity contribution in [2.24, 2.45) is 0 Å². The summed E-state index contributed by atoms with van der Waals surface area (Å²) in [5.74, 6) is -1.28. The topological polar surface area (TPSA) is 86.9 Å². The Morgan fingerprint density at radius 2 is 2.15 bits per heavy atom. The number of carbonyl (C=O) groups is 1. The van der Waals surface area contributed by atoms with Crippen LogP contribution in [0.3, 0.4) is 0 Å². The smallest absolute Gasteiger partial charge is 0.342 e. The first-order valence-corrected chi connectivity index (χ1v) is 6.37. The van der Waals surface area contributed by atoms with E-state index in [4.69, 9.17) is 5.11 Å². The Morgan fingerprint density at radius 1 is 1.45 bits per heavy atom. The van der Waals surface area contributed by atoms with Gasteiger partial charge in [-0.2, -0.15) is 0 Å². The minimum atomic E-state index is -1.28. The first-order chi connectivity index (χ1) is 9.41. The number of hydrogen-bond donors (Lipinski definition) is 1. The Bertz CT molecular complexity index is 546. The van der Waals surface area contributed by atoms with Crippen molar-refractivity contribution in [2.75, 3.05) is 31.6 Å². The minimum absolute atomic E-state index is 0.261. The van der Waals surface area contributed by atoms with Gasteiger partial charge in [0.2, 0.25) is 0 Å². The number of rotatable bonds is 3. The maximum Gasteiger partial charge on any atom is 0.342 e. The summed E-state index contributed by atoms with van der Waals surface area (Å²) in [6.07, 6.45) is 0. The summed E-state index contributed by atoms with van der Waals surface area (Å²) in [6.45, 7) is 4.11. The molecule has 20 heavy (non-hydrogen) atoms. The van der Waals surface area contributed by atoms with Crippen LogP contribution >= 0.6 is 0 Å². The number of nitro groups is 1. The van der Waals surface area contributed by atoms with Gasteiger partial charge in [0.05, 0.1) is 4.92 Å². The quantitative estimate of drug-likeness (QED) is 0.665. The Morgan fingerprint density at radius 3 is 2.70 bits per heavy atom. The first-order valence-electron chi connectivity index (χ1n) is 6.37. The van der Waals surface area contributed by atoms with Crippen molar-refractivity contribution in [2.45, 2.75) is 13.0 Å². The Labute approximate surface area is 116 Å². The summed E-state index contributed by atoms with van der Waals surface area (Å²) in [7, 11) is 2.00. The van der Waals surface area contributed by atoms with E-state index >= 15 is 0 Å². The second-order valence-electron chi connectivity index (χ2n) is 5.01. The van der Waals surface area contributed by atoms with Crippen molar-refractivity contribution in [3.63, 3.8) is 0 Å². The van der Waals surface area contributed by atoms with Crippen molar-refractivity contribution in [1.82, 2.24) is 4.90 Å². The molecule has 7 nitrogen and oxygen atoms in total. The molecule has 1 atom stereocenters. The Balaban J connectivity index is 2.44. The predicted octanol–water partition coefficient (Wildman–Crippen LogP) is 1.43. The van der Waals surface area contributed by atoms with Gasteiger partial charge in [0.25, 0.3) is 0 Å². The Hall–Kier alpha value is -2.15. The summed E-state index contributed by atoms with van der Waals surface area (Å²) in [5, 5.41) is 20.3. The highest BCUT2D eigenvalue weighted by atomic mass is 16.6. The third-order valence-electron chi connectivity index (χ3n) is 3.73. The molecular formula is C13H17N3O4. The summed E-state index contributed by atoms with van der Waals surface area (Å²) in [6, 6.07) is 4.69. The molecule has 0 aliphatic carbocycles. The molecule has 0 saturated carbocycles. The number of aromatic carboxylic acids is 1. The van der Waals surface area contributed by atoms with Crippen molar-refractivity contribution < 1.29 is 14.8 Å². The fourth-order valence-corrected chi connectivity index (χ4v) is 2.42. The maximum absolute atomic E-state index is 11.2. The fourth-order valence-electron chi connectivity index (χ4n) is 2.42. The monoisotopic (exact) mass is 279 g/mol. The molecule has 1 unspecified atom stereocenters.